The summed E-state index contributed by atoms with van der Waals surface area (Å²) in [5.41, 5.74) is 0.969. The van der Waals surface area contributed by atoms with Crippen molar-refractivity contribution >= 4 is 0 Å². The number of phenols is 1. The van der Waals surface area contributed by atoms with Crippen molar-refractivity contribution in [3.05, 3.63) is 23.8 Å². The van der Waals surface area contributed by atoms with Crippen molar-refractivity contribution in [2.75, 3.05) is 6.54 Å². The molecular formula is C13H17NO2. The molecule has 3 heteroatoms. The molecule has 1 fully saturated rings. The number of benzene rings is 1. The van der Waals surface area contributed by atoms with Gasteiger partial charge in [0, 0.05) is 11.6 Å². The molecule has 86 valence electrons. The lowest BCUT2D eigenvalue weighted by Gasteiger charge is -2.30. The average molecular weight is 219 g/mol. The van der Waals surface area contributed by atoms with Crippen molar-refractivity contribution in [2.24, 2.45) is 0 Å². The number of ether oxygens (including phenoxy) is 1. The van der Waals surface area contributed by atoms with Crippen LogP contribution in [-0.4, -0.2) is 23.8 Å². The predicted octanol–water partition coefficient (Wildman–Crippen LogP) is 1.84. The zero-order chi connectivity index (χ0) is 11.0. The fraction of sp³-hybridized carbons (Fsp3) is 0.538. The lowest BCUT2D eigenvalue weighted by atomic mass is 9.96. The summed E-state index contributed by atoms with van der Waals surface area (Å²) in [4.78, 5) is 0. The highest BCUT2D eigenvalue weighted by molar-refractivity contribution is 5.45. The number of hydrogen-bond acceptors (Lipinski definition) is 3. The van der Waals surface area contributed by atoms with Crippen LogP contribution in [0.15, 0.2) is 18.2 Å². The zero-order valence-corrected chi connectivity index (χ0v) is 9.28. The predicted molar refractivity (Wildman–Crippen MR) is 61.9 cm³/mol. The second kappa shape index (κ2) is 3.98. The summed E-state index contributed by atoms with van der Waals surface area (Å²) >= 11 is 0. The van der Waals surface area contributed by atoms with Crippen LogP contribution in [0.2, 0.25) is 0 Å². The quantitative estimate of drug-likeness (QED) is 0.757. The Morgan fingerprint density at radius 1 is 1.31 bits per heavy atom. The molecule has 2 unspecified atom stereocenters. The average Bonchev–Trinajstić information content (AvgIpc) is 2.82. The number of rotatable bonds is 1. The van der Waals surface area contributed by atoms with Gasteiger partial charge in [-0.3, -0.25) is 0 Å². The number of fused-ring (bicyclic) bond motifs is 1. The lowest BCUT2D eigenvalue weighted by molar-refractivity contribution is 0.135. The van der Waals surface area contributed by atoms with E-state index in [-0.39, 0.29) is 6.10 Å². The molecule has 1 aromatic rings. The highest BCUT2D eigenvalue weighted by Crippen LogP contribution is 2.35. The molecule has 2 heterocycles. The second-order valence-corrected chi connectivity index (χ2v) is 4.65. The molecule has 0 radical (unpaired) electrons. The normalized spacial score (nSPS) is 28.5. The first-order chi connectivity index (χ1) is 7.84. The molecule has 2 aliphatic rings. The van der Waals surface area contributed by atoms with Crippen molar-refractivity contribution in [3.63, 3.8) is 0 Å². The van der Waals surface area contributed by atoms with Crippen LogP contribution in [0.1, 0.15) is 24.8 Å². The Bertz CT molecular complexity index is 386. The first kappa shape index (κ1) is 9.97. The van der Waals surface area contributed by atoms with Gasteiger partial charge in [-0.25, -0.2) is 0 Å². The Labute approximate surface area is 95.4 Å². The molecule has 2 atom stereocenters. The van der Waals surface area contributed by atoms with Gasteiger partial charge < -0.3 is 15.2 Å². The molecular weight excluding hydrogens is 202 g/mol. The van der Waals surface area contributed by atoms with Crippen molar-refractivity contribution in [3.8, 4) is 11.5 Å². The van der Waals surface area contributed by atoms with E-state index >= 15 is 0 Å². The molecule has 0 aliphatic carbocycles. The summed E-state index contributed by atoms with van der Waals surface area (Å²) in [6.45, 7) is 1.11. The van der Waals surface area contributed by atoms with E-state index in [9.17, 15) is 5.11 Å². The van der Waals surface area contributed by atoms with E-state index < -0.39 is 0 Å². The van der Waals surface area contributed by atoms with E-state index in [2.05, 4.69) is 5.32 Å². The van der Waals surface area contributed by atoms with Gasteiger partial charge in [0.25, 0.3) is 0 Å². The Hall–Kier alpha value is -1.22. The van der Waals surface area contributed by atoms with E-state index in [0.717, 1.165) is 30.7 Å². The molecule has 0 spiro atoms. The van der Waals surface area contributed by atoms with Gasteiger partial charge in [-0.05, 0) is 44.4 Å². The molecule has 16 heavy (non-hydrogen) atoms. The Kier molecular flexibility index (Phi) is 2.48. The van der Waals surface area contributed by atoms with Crippen LogP contribution in [0.25, 0.3) is 0 Å². The summed E-state index contributed by atoms with van der Waals surface area (Å²) in [7, 11) is 0. The first-order valence-electron chi connectivity index (χ1n) is 6.05. The zero-order valence-electron chi connectivity index (χ0n) is 9.28. The third-order valence-corrected chi connectivity index (χ3v) is 3.61. The molecule has 2 N–H and O–H groups in total. The SMILES string of the molecule is Oc1cccc2c1CCC(C1CCCN1)O2. The van der Waals surface area contributed by atoms with Crippen LogP contribution in [0.3, 0.4) is 0 Å². The molecule has 3 rings (SSSR count). The van der Waals surface area contributed by atoms with Gasteiger partial charge in [0.2, 0.25) is 0 Å². The van der Waals surface area contributed by atoms with E-state index in [1.165, 1.54) is 12.8 Å². The summed E-state index contributed by atoms with van der Waals surface area (Å²) in [6.07, 6.45) is 4.65. The van der Waals surface area contributed by atoms with Crippen molar-refractivity contribution in [1.82, 2.24) is 5.32 Å². The van der Waals surface area contributed by atoms with Gasteiger partial charge in [-0.1, -0.05) is 6.07 Å². The van der Waals surface area contributed by atoms with Gasteiger partial charge in [0.05, 0.1) is 0 Å². The fourth-order valence-electron chi connectivity index (χ4n) is 2.74. The molecule has 0 aromatic heterocycles. The van der Waals surface area contributed by atoms with Gasteiger partial charge >= 0.3 is 0 Å². The lowest BCUT2D eigenvalue weighted by Crippen LogP contribution is -2.40. The molecule has 0 saturated carbocycles. The highest BCUT2D eigenvalue weighted by atomic mass is 16.5. The maximum absolute atomic E-state index is 9.71. The summed E-state index contributed by atoms with van der Waals surface area (Å²) in [5, 5.41) is 13.2. The number of aromatic hydroxyl groups is 1. The smallest absolute Gasteiger partial charge is 0.126 e. The monoisotopic (exact) mass is 219 g/mol. The highest BCUT2D eigenvalue weighted by Gasteiger charge is 2.30. The molecule has 0 bridgehead atoms. The minimum absolute atomic E-state index is 0.275. The van der Waals surface area contributed by atoms with Gasteiger partial charge in [0.15, 0.2) is 0 Å². The van der Waals surface area contributed by atoms with E-state index in [1.807, 2.05) is 12.1 Å². The third kappa shape index (κ3) is 1.65. The molecule has 0 amide bonds. The van der Waals surface area contributed by atoms with Gasteiger partial charge in [-0.2, -0.15) is 0 Å². The molecule has 3 nitrogen and oxygen atoms in total. The van der Waals surface area contributed by atoms with Crippen LogP contribution in [0.4, 0.5) is 0 Å². The first-order valence-corrected chi connectivity index (χ1v) is 6.05. The van der Waals surface area contributed by atoms with Crippen LogP contribution in [0.5, 0.6) is 11.5 Å². The van der Waals surface area contributed by atoms with Crippen LogP contribution in [0, 0.1) is 0 Å². The number of phenolic OH excluding ortho intramolecular Hbond substituents is 1. The molecule has 2 aliphatic heterocycles. The van der Waals surface area contributed by atoms with E-state index in [0.29, 0.717) is 11.8 Å². The number of nitrogens with one attached hydrogen (secondary N) is 1. The fourth-order valence-corrected chi connectivity index (χ4v) is 2.74. The largest absolute Gasteiger partial charge is 0.508 e. The molecule has 1 saturated heterocycles. The minimum Gasteiger partial charge on any atom is -0.508 e. The van der Waals surface area contributed by atoms with Gasteiger partial charge in [-0.15, -0.1) is 0 Å². The topological polar surface area (TPSA) is 41.5 Å². The second-order valence-electron chi connectivity index (χ2n) is 4.65. The summed E-state index contributed by atoms with van der Waals surface area (Å²) in [6, 6.07) is 6.03. The molecule has 1 aromatic carbocycles. The summed E-state index contributed by atoms with van der Waals surface area (Å²) < 4.78 is 5.97. The Morgan fingerprint density at radius 2 is 2.25 bits per heavy atom. The standard InChI is InChI=1S/C13H17NO2/c15-11-4-1-5-12-9(11)6-7-13(16-12)10-3-2-8-14-10/h1,4-5,10,13-15H,2-3,6-8H2. The Balaban J connectivity index is 1.80. The summed E-state index contributed by atoms with van der Waals surface area (Å²) in [5.74, 6) is 1.24. The van der Waals surface area contributed by atoms with Crippen LogP contribution in [-0.2, 0) is 6.42 Å². The van der Waals surface area contributed by atoms with Crippen molar-refractivity contribution in [2.45, 2.75) is 37.8 Å². The minimum atomic E-state index is 0.275. The maximum Gasteiger partial charge on any atom is 0.126 e. The number of hydrogen-bond donors (Lipinski definition) is 2. The van der Waals surface area contributed by atoms with Crippen molar-refractivity contribution < 1.29 is 9.84 Å². The third-order valence-electron chi connectivity index (χ3n) is 3.61. The van der Waals surface area contributed by atoms with Crippen LogP contribution < -0.4 is 10.1 Å². The maximum atomic E-state index is 9.71. The Morgan fingerprint density at radius 3 is 3.06 bits per heavy atom. The van der Waals surface area contributed by atoms with Gasteiger partial charge in [0.1, 0.15) is 17.6 Å². The van der Waals surface area contributed by atoms with Crippen molar-refractivity contribution in [1.29, 1.82) is 0 Å². The van der Waals surface area contributed by atoms with Crippen LogP contribution >= 0.6 is 0 Å². The van der Waals surface area contributed by atoms with E-state index in [1.54, 1.807) is 6.07 Å². The van der Waals surface area contributed by atoms with E-state index in [4.69, 9.17) is 4.74 Å².